The van der Waals surface area contributed by atoms with Gasteiger partial charge in [-0.05, 0) is 45.6 Å². The standard InChI is InChI=1S/C22H34N6/c1-4-21-16(2)24-17(3)25-22(21)23-14-18-13-20-15-27(11-8-12-28(20)26-18)19-9-6-5-7-10-19/h13,19H,4-12,14-15H2,1-3H3,(H,23,24,25). The number of nitrogens with zero attached hydrogens (tertiary/aromatic N) is 5. The van der Waals surface area contributed by atoms with Crippen LogP contribution in [0.3, 0.4) is 0 Å². The first-order chi connectivity index (χ1) is 13.6. The Hall–Kier alpha value is -1.95. The molecule has 0 aromatic carbocycles. The Kier molecular flexibility index (Phi) is 5.95. The van der Waals surface area contributed by atoms with E-state index < -0.39 is 0 Å². The zero-order valence-electron chi connectivity index (χ0n) is 17.7. The van der Waals surface area contributed by atoms with Crippen molar-refractivity contribution in [2.75, 3.05) is 11.9 Å². The Morgan fingerprint density at radius 1 is 1.07 bits per heavy atom. The molecule has 1 fully saturated rings. The normalized spacial score (nSPS) is 18.7. The van der Waals surface area contributed by atoms with Gasteiger partial charge in [-0.25, -0.2) is 9.97 Å². The van der Waals surface area contributed by atoms with Crippen molar-refractivity contribution in [1.29, 1.82) is 0 Å². The van der Waals surface area contributed by atoms with Gasteiger partial charge >= 0.3 is 0 Å². The minimum absolute atomic E-state index is 0.715. The first-order valence-electron chi connectivity index (χ1n) is 11.0. The van der Waals surface area contributed by atoms with E-state index >= 15 is 0 Å². The van der Waals surface area contributed by atoms with Crippen LogP contribution in [0.5, 0.6) is 0 Å². The highest BCUT2D eigenvalue weighted by Crippen LogP contribution is 2.26. The van der Waals surface area contributed by atoms with Gasteiger partial charge in [0.05, 0.1) is 17.9 Å². The topological polar surface area (TPSA) is 58.9 Å². The molecule has 4 rings (SSSR count). The SMILES string of the molecule is CCc1c(C)nc(C)nc1NCc1cc2n(n1)CCCN(C1CCCCC1)C2. The molecular weight excluding hydrogens is 348 g/mol. The zero-order valence-corrected chi connectivity index (χ0v) is 17.7. The average Bonchev–Trinajstić information content (AvgIpc) is 2.96. The van der Waals surface area contributed by atoms with Crippen molar-refractivity contribution in [3.63, 3.8) is 0 Å². The van der Waals surface area contributed by atoms with Crippen molar-refractivity contribution < 1.29 is 0 Å². The van der Waals surface area contributed by atoms with Crippen LogP contribution in [0.25, 0.3) is 0 Å². The van der Waals surface area contributed by atoms with Crippen LogP contribution >= 0.6 is 0 Å². The van der Waals surface area contributed by atoms with Crippen molar-refractivity contribution in [3.8, 4) is 0 Å². The van der Waals surface area contributed by atoms with Gasteiger partial charge in [-0.2, -0.15) is 5.10 Å². The maximum absolute atomic E-state index is 4.89. The molecule has 6 heteroatoms. The molecule has 0 radical (unpaired) electrons. The molecule has 1 aliphatic heterocycles. The fourth-order valence-electron chi connectivity index (χ4n) is 4.87. The molecule has 2 aromatic heterocycles. The highest BCUT2D eigenvalue weighted by Gasteiger charge is 2.24. The summed E-state index contributed by atoms with van der Waals surface area (Å²) < 4.78 is 2.23. The maximum atomic E-state index is 4.89. The number of aromatic nitrogens is 4. The summed E-state index contributed by atoms with van der Waals surface area (Å²) in [6.07, 6.45) is 9.08. The minimum atomic E-state index is 0.715. The summed E-state index contributed by atoms with van der Waals surface area (Å²) in [5.74, 6) is 1.78. The third-order valence-electron chi connectivity index (χ3n) is 6.30. The van der Waals surface area contributed by atoms with E-state index in [2.05, 4.69) is 44.8 Å². The van der Waals surface area contributed by atoms with E-state index in [1.165, 1.54) is 56.3 Å². The van der Waals surface area contributed by atoms with E-state index in [9.17, 15) is 0 Å². The summed E-state index contributed by atoms with van der Waals surface area (Å²) in [7, 11) is 0. The lowest BCUT2D eigenvalue weighted by Crippen LogP contribution is -2.36. The second-order valence-corrected chi connectivity index (χ2v) is 8.36. The number of hydrogen-bond donors (Lipinski definition) is 1. The largest absolute Gasteiger partial charge is 0.364 e. The van der Waals surface area contributed by atoms with Gasteiger partial charge in [0.15, 0.2) is 0 Å². The summed E-state index contributed by atoms with van der Waals surface area (Å²) in [6.45, 7) is 10.2. The highest BCUT2D eigenvalue weighted by molar-refractivity contribution is 5.46. The van der Waals surface area contributed by atoms with Crippen LogP contribution in [0, 0.1) is 13.8 Å². The van der Waals surface area contributed by atoms with Gasteiger partial charge in [0.1, 0.15) is 11.6 Å². The minimum Gasteiger partial charge on any atom is -0.364 e. The summed E-state index contributed by atoms with van der Waals surface area (Å²) in [5, 5.41) is 8.41. The van der Waals surface area contributed by atoms with E-state index in [-0.39, 0.29) is 0 Å². The lowest BCUT2D eigenvalue weighted by atomic mass is 9.94. The number of fused-ring (bicyclic) bond motifs is 1. The van der Waals surface area contributed by atoms with Crippen LogP contribution in [-0.2, 0) is 26.1 Å². The van der Waals surface area contributed by atoms with Crippen molar-refractivity contribution in [1.82, 2.24) is 24.6 Å². The fraction of sp³-hybridized carbons (Fsp3) is 0.682. The molecule has 28 heavy (non-hydrogen) atoms. The second kappa shape index (κ2) is 8.60. The molecule has 0 atom stereocenters. The lowest BCUT2D eigenvalue weighted by molar-refractivity contribution is 0.150. The van der Waals surface area contributed by atoms with Gasteiger partial charge < -0.3 is 5.32 Å². The molecule has 0 spiro atoms. The summed E-state index contributed by atoms with van der Waals surface area (Å²) in [4.78, 5) is 11.8. The van der Waals surface area contributed by atoms with Gasteiger partial charge in [-0.1, -0.05) is 26.2 Å². The summed E-state index contributed by atoms with van der Waals surface area (Å²) in [6, 6.07) is 3.07. The van der Waals surface area contributed by atoms with Crippen LogP contribution in [0.1, 0.15) is 73.9 Å². The molecule has 152 valence electrons. The molecule has 1 N–H and O–H groups in total. The van der Waals surface area contributed by atoms with Crippen LogP contribution in [-0.4, -0.2) is 37.2 Å². The van der Waals surface area contributed by atoms with Crippen molar-refractivity contribution in [2.45, 2.75) is 91.4 Å². The Labute approximate surface area is 168 Å². The predicted molar refractivity (Wildman–Crippen MR) is 112 cm³/mol. The second-order valence-electron chi connectivity index (χ2n) is 8.36. The Bertz CT molecular complexity index is 806. The number of hydrogen-bond acceptors (Lipinski definition) is 5. The average molecular weight is 383 g/mol. The van der Waals surface area contributed by atoms with Crippen molar-refractivity contribution >= 4 is 5.82 Å². The van der Waals surface area contributed by atoms with Crippen LogP contribution < -0.4 is 5.32 Å². The summed E-state index contributed by atoms with van der Waals surface area (Å²) >= 11 is 0. The first kappa shape index (κ1) is 19.4. The lowest BCUT2D eigenvalue weighted by Gasteiger charge is -2.33. The monoisotopic (exact) mass is 382 g/mol. The number of rotatable bonds is 5. The first-order valence-corrected chi connectivity index (χ1v) is 11.0. The van der Waals surface area contributed by atoms with E-state index in [1.807, 2.05) is 6.92 Å². The smallest absolute Gasteiger partial charge is 0.133 e. The summed E-state index contributed by atoms with van der Waals surface area (Å²) in [5.41, 5.74) is 4.75. The highest BCUT2D eigenvalue weighted by atomic mass is 15.3. The molecule has 0 saturated heterocycles. The molecule has 2 aromatic rings. The van der Waals surface area contributed by atoms with Gasteiger partial charge in [0.2, 0.25) is 0 Å². The van der Waals surface area contributed by atoms with E-state index in [1.54, 1.807) is 0 Å². The van der Waals surface area contributed by atoms with Crippen LogP contribution in [0.4, 0.5) is 5.82 Å². The van der Waals surface area contributed by atoms with Crippen LogP contribution in [0.2, 0.25) is 0 Å². The zero-order chi connectivity index (χ0) is 19.5. The van der Waals surface area contributed by atoms with Gasteiger partial charge in [0, 0.05) is 36.9 Å². The van der Waals surface area contributed by atoms with E-state index in [0.717, 1.165) is 48.6 Å². The Morgan fingerprint density at radius 3 is 2.68 bits per heavy atom. The molecule has 0 unspecified atom stereocenters. The Morgan fingerprint density at radius 2 is 1.89 bits per heavy atom. The molecule has 3 heterocycles. The molecule has 0 amide bonds. The van der Waals surface area contributed by atoms with Gasteiger partial charge in [-0.3, -0.25) is 9.58 Å². The quantitative estimate of drug-likeness (QED) is 0.847. The number of anilines is 1. The third-order valence-corrected chi connectivity index (χ3v) is 6.30. The molecular formula is C22H34N6. The van der Waals surface area contributed by atoms with Crippen molar-refractivity contribution in [3.05, 3.63) is 34.5 Å². The fourth-order valence-corrected chi connectivity index (χ4v) is 4.87. The number of nitrogens with one attached hydrogen (secondary N) is 1. The van der Waals surface area contributed by atoms with E-state index in [4.69, 9.17) is 5.10 Å². The third kappa shape index (κ3) is 4.22. The molecule has 6 nitrogen and oxygen atoms in total. The maximum Gasteiger partial charge on any atom is 0.133 e. The molecule has 0 bridgehead atoms. The molecule has 1 aliphatic carbocycles. The number of aryl methyl sites for hydroxylation is 3. The van der Waals surface area contributed by atoms with Crippen molar-refractivity contribution in [2.24, 2.45) is 0 Å². The predicted octanol–water partition coefficient (Wildman–Crippen LogP) is 4.00. The van der Waals surface area contributed by atoms with E-state index in [0.29, 0.717) is 6.54 Å². The Balaban J connectivity index is 1.45. The van der Waals surface area contributed by atoms with Crippen LogP contribution in [0.15, 0.2) is 6.07 Å². The van der Waals surface area contributed by atoms with Gasteiger partial charge in [0.25, 0.3) is 0 Å². The molecule has 2 aliphatic rings. The van der Waals surface area contributed by atoms with Gasteiger partial charge in [-0.15, -0.1) is 0 Å². The molecule has 1 saturated carbocycles.